The lowest BCUT2D eigenvalue weighted by atomic mass is 9.88. The lowest BCUT2D eigenvalue weighted by Gasteiger charge is -2.33. The zero-order chi connectivity index (χ0) is 29.2. The maximum atomic E-state index is 14.4. The first-order valence-electron chi connectivity index (χ1n) is 14.2. The van der Waals surface area contributed by atoms with Crippen LogP contribution in [0.25, 0.3) is 11.0 Å². The number of rotatable bonds is 10. The summed E-state index contributed by atoms with van der Waals surface area (Å²) in [6.45, 7) is 3.86. The van der Waals surface area contributed by atoms with Crippen molar-refractivity contribution in [3.63, 3.8) is 0 Å². The number of halogens is 2. The fourth-order valence-corrected chi connectivity index (χ4v) is 5.98. The van der Waals surface area contributed by atoms with E-state index >= 15 is 0 Å². The van der Waals surface area contributed by atoms with Crippen LogP contribution in [-0.2, 0) is 24.4 Å². The fourth-order valence-electron chi connectivity index (χ4n) is 5.82. The summed E-state index contributed by atoms with van der Waals surface area (Å²) in [4.78, 5) is 18.9. The van der Waals surface area contributed by atoms with Crippen molar-refractivity contribution >= 4 is 28.6 Å². The molecule has 220 valence electrons. The lowest BCUT2D eigenvalue weighted by molar-refractivity contribution is -0.0592. The minimum absolute atomic E-state index is 0.0692. The van der Waals surface area contributed by atoms with Crippen molar-refractivity contribution in [1.82, 2.24) is 14.5 Å². The number of aromatic carboxylic acids is 1. The van der Waals surface area contributed by atoms with E-state index in [0.29, 0.717) is 35.2 Å². The van der Waals surface area contributed by atoms with Crippen molar-refractivity contribution in [3.05, 3.63) is 88.0 Å². The van der Waals surface area contributed by atoms with Crippen molar-refractivity contribution in [2.24, 2.45) is 0 Å². The number of para-hydroxylation sites is 1. The number of imidazole rings is 1. The molecule has 3 heterocycles. The van der Waals surface area contributed by atoms with Gasteiger partial charge >= 0.3 is 5.97 Å². The summed E-state index contributed by atoms with van der Waals surface area (Å²) in [7, 11) is 1.61. The molecule has 3 aromatic carbocycles. The van der Waals surface area contributed by atoms with E-state index in [1.807, 2.05) is 12.1 Å². The highest BCUT2D eigenvalue weighted by molar-refractivity contribution is 6.30. The van der Waals surface area contributed by atoms with Gasteiger partial charge in [0.25, 0.3) is 0 Å². The maximum absolute atomic E-state index is 14.4. The topological polar surface area (TPSA) is 86.1 Å². The van der Waals surface area contributed by atoms with Crippen molar-refractivity contribution in [1.29, 1.82) is 0 Å². The Kier molecular flexibility index (Phi) is 8.33. The van der Waals surface area contributed by atoms with Gasteiger partial charge in [0.15, 0.2) is 11.5 Å². The summed E-state index contributed by atoms with van der Waals surface area (Å²) in [6.07, 6.45) is 2.92. The zero-order valence-electron chi connectivity index (χ0n) is 23.4. The predicted octanol–water partition coefficient (Wildman–Crippen LogP) is 6.28. The first-order valence-corrected chi connectivity index (χ1v) is 14.6. The van der Waals surface area contributed by atoms with Gasteiger partial charge in [-0.15, -0.1) is 0 Å². The average molecular weight is 594 g/mol. The van der Waals surface area contributed by atoms with Crippen LogP contribution < -0.4 is 9.47 Å². The quantitative estimate of drug-likeness (QED) is 0.231. The number of benzene rings is 3. The van der Waals surface area contributed by atoms with Crippen LogP contribution in [0.4, 0.5) is 4.39 Å². The lowest BCUT2D eigenvalue weighted by Crippen LogP contribution is -2.35. The molecular weight excluding hydrogens is 561 g/mol. The molecule has 0 spiro atoms. The highest BCUT2D eigenvalue weighted by Gasteiger charge is 2.28. The van der Waals surface area contributed by atoms with Crippen molar-refractivity contribution in [3.8, 4) is 11.5 Å². The second-order valence-corrected chi connectivity index (χ2v) is 11.3. The van der Waals surface area contributed by atoms with Gasteiger partial charge in [-0.2, -0.15) is 0 Å². The zero-order valence-corrected chi connectivity index (χ0v) is 24.1. The molecule has 0 aliphatic carbocycles. The Morgan fingerprint density at radius 3 is 2.64 bits per heavy atom. The van der Waals surface area contributed by atoms with Crippen molar-refractivity contribution < 1.29 is 28.5 Å². The maximum Gasteiger partial charge on any atom is 0.335 e. The number of ether oxygens (including phenoxy) is 3. The van der Waals surface area contributed by atoms with E-state index in [2.05, 4.69) is 15.5 Å². The standard InChI is InChI=1S/C32H33ClFN3O5/c1-40-29-4-2-3-25(31(29)42-19-22-5-7-23(33)16-26(22)34)20-9-12-36(13-10-20)18-30-35-27-8-6-21(32(38)39)15-28(27)37(30)17-24-11-14-41-24/h2-8,15-16,20,24H,9-14,17-19H2,1H3,(H,38,39). The summed E-state index contributed by atoms with van der Waals surface area (Å²) in [6, 6.07) is 15.6. The summed E-state index contributed by atoms with van der Waals surface area (Å²) >= 11 is 5.91. The summed E-state index contributed by atoms with van der Waals surface area (Å²) in [5.41, 5.74) is 3.35. The van der Waals surface area contributed by atoms with E-state index in [1.165, 1.54) is 6.07 Å². The van der Waals surface area contributed by atoms with E-state index in [0.717, 1.165) is 61.4 Å². The van der Waals surface area contributed by atoms with Crippen molar-refractivity contribution in [2.45, 2.75) is 51.0 Å². The first-order chi connectivity index (χ1) is 20.4. The highest BCUT2D eigenvalue weighted by atomic mass is 35.5. The fraction of sp³-hybridized carbons (Fsp3) is 0.375. The Bertz CT molecular complexity index is 1600. The van der Waals surface area contributed by atoms with E-state index in [4.69, 9.17) is 30.8 Å². The molecule has 0 amide bonds. The van der Waals surface area contributed by atoms with Crippen LogP contribution >= 0.6 is 11.6 Å². The van der Waals surface area contributed by atoms with E-state index in [-0.39, 0.29) is 24.2 Å². The predicted molar refractivity (Wildman–Crippen MR) is 157 cm³/mol. The molecule has 8 nitrogen and oxygen atoms in total. The molecule has 10 heteroatoms. The minimum atomic E-state index is -0.952. The summed E-state index contributed by atoms with van der Waals surface area (Å²) < 4.78 is 34.0. The van der Waals surface area contributed by atoms with Crippen molar-refractivity contribution in [2.75, 3.05) is 26.8 Å². The first kappa shape index (κ1) is 28.5. The van der Waals surface area contributed by atoms with Gasteiger partial charge in [0, 0.05) is 22.8 Å². The van der Waals surface area contributed by atoms with Crippen LogP contribution in [0.2, 0.25) is 5.02 Å². The van der Waals surface area contributed by atoms with Gasteiger partial charge in [0.2, 0.25) is 0 Å². The smallest absolute Gasteiger partial charge is 0.335 e. The molecule has 2 saturated heterocycles. The van der Waals surface area contributed by atoms with Crippen LogP contribution in [0.1, 0.15) is 52.5 Å². The third-order valence-corrected chi connectivity index (χ3v) is 8.50. The summed E-state index contributed by atoms with van der Waals surface area (Å²) in [5, 5.41) is 9.87. The number of piperidine rings is 1. The van der Waals surface area contributed by atoms with Gasteiger partial charge in [-0.25, -0.2) is 14.2 Å². The van der Waals surface area contributed by atoms with Gasteiger partial charge in [-0.3, -0.25) is 4.90 Å². The largest absolute Gasteiger partial charge is 0.493 e. The van der Waals surface area contributed by atoms with Crippen LogP contribution in [0.15, 0.2) is 54.6 Å². The second-order valence-electron chi connectivity index (χ2n) is 10.9. The normalized spacial score (nSPS) is 17.7. The van der Waals surface area contributed by atoms with Crippen LogP contribution in [0, 0.1) is 5.82 Å². The molecule has 1 unspecified atom stereocenters. The van der Waals surface area contributed by atoms with E-state index < -0.39 is 11.8 Å². The molecule has 2 aliphatic rings. The number of hydrogen-bond acceptors (Lipinski definition) is 6. The molecule has 1 aromatic heterocycles. The Labute approximate surface area is 248 Å². The van der Waals surface area contributed by atoms with E-state index in [9.17, 15) is 14.3 Å². The molecule has 0 saturated carbocycles. The van der Waals surface area contributed by atoms with Gasteiger partial charge in [0.05, 0.1) is 42.9 Å². The Morgan fingerprint density at radius 1 is 1.14 bits per heavy atom. The summed E-state index contributed by atoms with van der Waals surface area (Å²) in [5.74, 6) is 1.08. The van der Waals surface area contributed by atoms with Crippen LogP contribution in [-0.4, -0.2) is 58.4 Å². The van der Waals surface area contributed by atoms with Gasteiger partial charge < -0.3 is 23.9 Å². The third-order valence-electron chi connectivity index (χ3n) is 8.26. The number of methoxy groups -OCH3 is 1. The molecule has 2 aliphatic heterocycles. The third kappa shape index (κ3) is 5.95. The highest BCUT2D eigenvalue weighted by Crippen LogP contribution is 2.40. The molecule has 1 atom stereocenters. The number of carboxylic acid groups (broad SMARTS) is 1. The van der Waals surface area contributed by atoms with Gasteiger partial charge in [0.1, 0.15) is 18.2 Å². The van der Waals surface area contributed by atoms with Gasteiger partial charge in [-0.05, 0) is 74.7 Å². The number of fused-ring (bicyclic) bond motifs is 1. The SMILES string of the molecule is COc1cccc(C2CCN(Cc3nc4ccc(C(=O)O)cc4n3CC3CCO3)CC2)c1OCc1ccc(Cl)cc1F. The Balaban J connectivity index is 1.17. The second kappa shape index (κ2) is 12.3. The number of hydrogen-bond donors (Lipinski definition) is 1. The molecule has 0 bridgehead atoms. The minimum Gasteiger partial charge on any atom is -0.493 e. The van der Waals surface area contributed by atoms with Gasteiger partial charge in [-0.1, -0.05) is 29.8 Å². The molecule has 0 radical (unpaired) electrons. The molecule has 42 heavy (non-hydrogen) atoms. The number of likely N-dealkylation sites (tertiary alicyclic amines) is 1. The monoisotopic (exact) mass is 593 g/mol. The number of carbonyl (C=O) groups is 1. The molecule has 1 N–H and O–H groups in total. The Hall–Kier alpha value is -3.66. The Morgan fingerprint density at radius 2 is 1.95 bits per heavy atom. The molecule has 6 rings (SSSR count). The molecule has 2 fully saturated rings. The molecule has 4 aromatic rings. The number of aromatic nitrogens is 2. The van der Waals surface area contributed by atoms with Crippen LogP contribution in [0.5, 0.6) is 11.5 Å². The van der Waals surface area contributed by atoms with E-state index in [1.54, 1.807) is 37.4 Å². The average Bonchev–Trinajstić information content (AvgIpc) is 3.30. The van der Waals surface area contributed by atoms with Crippen LogP contribution in [0.3, 0.4) is 0 Å². The molecular formula is C32H33ClFN3O5. The number of carboxylic acids is 1. The number of nitrogens with zero attached hydrogens (tertiary/aromatic N) is 3.